The highest BCUT2D eigenvalue weighted by atomic mass is 35.5. The molecular weight excluding hydrogens is 373 g/mol. The highest BCUT2D eigenvalue weighted by Gasteiger charge is 2.32. The van der Waals surface area contributed by atoms with Crippen molar-refractivity contribution in [3.05, 3.63) is 69.7 Å². The van der Waals surface area contributed by atoms with Crippen LogP contribution >= 0.6 is 23.2 Å². The number of aromatic nitrogens is 4. The highest BCUT2D eigenvalue weighted by molar-refractivity contribution is 6.43. The van der Waals surface area contributed by atoms with E-state index in [1.807, 2.05) is 13.1 Å². The van der Waals surface area contributed by atoms with Crippen molar-refractivity contribution in [1.29, 1.82) is 0 Å². The van der Waals surface area contributed by atoms with E-state index in [1.165, 1.54) is 0 Å². The van der Waals surface area contributed by atoms with E-state index in [4.69, 9.17) is 23.2 Å². The van der Waals surface area contributed by atoms with Crippen molar-refractivity contribution in [1.82, 2.24) is 24.6 Å². The molecule has 1 aromatic carbocycles. The van der Waals surface area contributed by atoms with Gasteiger partial charge in [0.15, 0.2) is 0 Å². The molecule has 0 N–H and O–H groups in total. The van der Waals surface area contributed by atoms with Gasteiger partial charge in [0.1, 0.15) is 0 Å². The topological polar surface area (TPSA) is 63.9 Å². The van der Waals surface area contributed by atoms with Crippen molar-refractivity contribution in [2.45, 2.75) is 19.4 Å². The fraction of sp³-hybridized carbons (Fsp3) is 0.222. The Labute approximate surface area is 160 Å². The molecule has 4 rings (SSSR count). The molecular formula is C18H15Cl2N5O. The van der Waals surface area contributed by atoms with Gasteiger partial charge in [-0.25, -0.2) is 14.6 Å². The number of carbonyl (C=O) groups excluding carboxylic acids is 1. The number of nitrogens with zero attached hydrogens (tertiary/aromatic N) is 5. The summed E-state index contributed by atoms with van der Waals surface area (Å²) in [6.07, 6.45) is 5.97. The summed E-state index contributed by atoms with van der Waals surface area (Å²) in [5.41, 5.74) is 2.33. The molecule has 0 bridgehead atoms. The fourth-order valence-electron chi connectivity index (χ4n) is 3.16. The first-order valence-electron chi connectivity index (χ1n) is 8.17. The van der Waals surface area contributed by atoms with Crippen LogP contribution in [0.2, 0.25) is 10.0 Å². The molecule has 3 aromatic rings. The van der Waals surface area contributed by atoms with E-state index >= 15 is 0 Å². The van der Waals surface area contributed by atoms with Crippen LogP contribution in [-0.2, 0) is 6.42 Å². The molecule has 0 radical (unpaired) electrons. The first-order chi connectivity index (χ1) is 12.6. The Bertz CT molecular complexity index is 973. The summed E-state index contributed by atoms with van der Waals surface area (Å²) >= 11 is 12.3. The summed E-state index contributed by atoms with van der Waals surface area (Å²) in [7, 11) is 0. The first-order valence-corrected chi connectivity index (χ1v) is 8.92. The molecule has 0 spiro atoms. The number of amides is 1. The monoisotopic (exact) mass is 387 g/mol. The van der Waals surface area contributed by atoms with Gasteiger partial charge in [-0.2, -0.15) is 5.10 Å². The third-order valence-electron chi connectivity index (χ3n) is 4.51. The zero-order chi connectivity index (χ0) is 18.3. The van der Waals surface area contributed by atoms with E-state index < -0.39 is 0 Å². The predicted octanol–water partition coefficient (Wildman–Crippen LogP) is 3.73. The van der Waals surface area contributed by atoms with Crippen molar-refractivity contribution < 1.29 is 4.79 Å². The normalized spacial score (nSPS) is 16.4. The van der Waals surface area contributed by atoms with Gasteiger partial charge in [-0.05, 0) is 37.1 Å². The molecule has 26 heavy (non-hydrogen) atoms. The van der Waals surface area contributed by atoms with Crippen molar-refractivity contribution in [2.75, 3.05) is 6.54 Å². The first kappa shape index (κ1) is 17.0. The molecule has 6 nitrogen and oxygen atoms in total. The van der Waals surface area contributed by atoms with E-state index in [1.54, 1.807) is 46.2 Å². The average Bonchev–Trinajstić information content (AvgIpc) is 3.10. The zero-order valence-corrected chi connectivity index (χ0v) is 15.4. The maximum Gasteiger partial charge on any atom is 0.255 e. The Morgan fingerprint density at radius 1 is 1.19 bits per heavy atom. The van der Waals surface area contributed by atoms with Crippen LogP contribution in [0.15, 0.2) is 42.9 Å². The Morgan fingerprint density at radius 3 is 2.73 bits per heavy atom. The number of hydrogen-bond acceptors (Lipinski definition) is 4. The summed E-state index contributed by atoms with van der Waals surface area (Å²) in [5.74, 6) is 0.353. The van der Waals surface area contributed by atoms with Crippen LogP contribution in [0, 0.1) is 0 Å². The smallest absolute Gasteiger partial charge is 0.255 e. The minimum absolute atomic E-state index is 0.152. The summed E-state index contributed by atoms with van der Waals surface area (Å²) in [6.45, 7) is 2.54. The molecule has 3 heterocycles. The molecule has 0 saturated heterocycles. The summed E-state index contributed by atoms with van der Waals surface area (Å²) in [4.78, 5) is 23.2. The Balaban J connectivity index is 1.66. The predicted molar refractivity (Wildman–Crippen MR) is 98.8 cm³/mol. The Hall–Kier alpha value is -2.44. The van der Waals surface area contributed by atoms with Crippen LogP contribution in [0.3, 0.4) is 0 Å². The molecule has 0 fully saturated rings. The molecule has 1 atom stereocenters. The van der Waals surface area contributed by atoms with Crippen LogP contribution < -0.4 is 0 Å². The van der Waals surface area contributed by atoms with Crippen LogP contribution in [0.5, 0.6) is 0 Å². The van der Waals surface area contributed by atoms with Crippen LogP contribution in [0.1, 0.15) is 34.6 Å². The SMILES string of the molecule is CC1c2nn(-c3ncccn3)cc2CCN1C(=O)c1cccc(Cl)c1Cl. The van der Waals surface area contributed by atoms with Crippen LogP contribution in [-0.4, -0.2) is 37.1 Å². The lowest BCUT2D eigenvalue weighted by Gasteiger charge is -2.32. The Morgan fingerprint density at radius 2 is 1.96 bits per heavy atom. The summed E-state index contributed by atoms with van der Waals surface area (Å²) in [5, 5.41) is 5.25. The van der Waals surface area contributed by atoms with E-state index in [9.17, 15) is 4.79 Å². The van der Waals surface area contributed by atoms with Gasteiger partial charge in [-0.15, -0.1) is 0 Å². The molecule has 1 aliphatic heterocycles. The van der Waals surface area contributed by atoms with Gasteiger partial charge in [-0.3, -0.25) is 4.79 Å². The third-order valence-corrected chi connectivity index (χ3v) is 5.33. The van der Waals surface area contributed by atoms with E-state index in [0.29, 0.717) is 29.5 Å². The number of halogens is 2. The third kappa shape index (κ3) is 2.85. The molecule has 1 amide bonds. The summed E-state index contributed by atoms with van der Waals surface area (Å²) < 4.78 is 1.65. The molecule has 2 aromatic heterocycles. The van der Waals surface area contributed by atoms with E-state index in [-0.39, 0.29) is 17.0 Å². The maximum atomic E-state index is 13.0. The van der Waals surface area contributed by atoms with Crippen molar-refractivity contribution in [3.63, 3.8) is 0 Å². The van der Waals surface area contributed by atoms with E-state index in [2.05, 4.69) is 15.1 Å². The van der Waals surface area contributed by atoms with Gasteiger partial charge in [0.05, 0.1) is 27.3 Å². The molecule has 1 aliphatic rings. The van der Waals surface area contributed by atoms with Gasteiger partial charge in [0.2, 0.25) is 5.95 Å². The lowest BCUT2D eigenvalue weighted by molar-refractivity contribution is 0.0674. The van der Waals surface area contributed by atoms with Crippen LogP contribution in [0.4, 0.5) is 0 Å². The molecule has 8 heteroatoms. The van der Waals surface area contributed by atoms with Crippen molar-refractivity contribution in [3.8, 4) is 5.95 Å². The second-order valence-electron chi connectivity index (χ2n) is 6.06. The second-order valence-corrected chi connectivity index (χ2v) is 6.84. The van der Waals surface area contributed by atoms with E-state index in [0.717, 1.165) is 11.3 Å². The molecule has 0 saturated carbocycles. The quantitative estimate of drug-likeness (QED) is 0.671. The van der Waals surface area contributed by atoms with Gasteiger partial charge in [0.25, 0.3) is 5.91 Å². The maximum absolute atomic E-state index is 13.0. The van der Waals surface area contributed by atoms with Gasteiger partial charge in [0, 0.05) is 25.1 Å². The number of fused-ring (bicyclic) bond motifs is 1. The number of rotatable bonds is 2. The average molecular weight is 388 g/mol. The minimum Gasteiger partial charge on any atom is -0.330 e. The minimum atomic E-state index is -0.189. The standard InChI is InChI=1S/C18H15Cl2N5O/c1-11-16-12(10-25(23-16)18-21-7-3-8-22-18)6-9-24(11)17(26)13-4-2-5-14(19)15(13)20/h2-5,7-8,10-11H,6,9H2,1H3. The summed E-state index contributed by atoms with van der Waals surface area (Å²) in [6, 6.07) is 6.65. The molecule has 0 aliphatic carbocycles. The number of hydrogen-bond donors (Lipinski definition) is 0. The van der Waals surface area contributed by atoms with Gasteiger partial charge < -0.3 is 4.90 Å². The lowest BCUT2D eigenvalue weighted by Crippen LogP contribution is -2.39. The number of benzene rings is 1. The van der Waals surface area contributed by atoms with Crippen LogP contribution in [0.25, 0.3) is 5.95 Å². The Kier molecular flexibility index (Phi) is 4.38. The zero-order valence-electron chi connectivity index (χ0n) is 13.9. The second kappa shape index (κ2) is 6.70. The van der Waals surface area contributed by atoms with Gasteiger partial charge in [-0.1, -0.05) is 29.3 Å². The number of carbonyl (C=O) groups is 1. The molecule has 1 unspecified atom stereocenters. The largest absolute Gasteiger partial charge is 0.330 e. The van der Waals surface area contributed by atoms with Crippen molar-refractivity contribution in [2.24, 2.45) is 0 Å². The van der Waals surface area contributed by atoms with Crippen molar-refractivity contribution >= 4 is 29.1 Å². The fourth-order valence-corrected chi connectivity index (χ4v) is 3.54. The molecule has 132 valence electrons. The van der Waals surface area contributed by atoms with Gasteiger partial charge >= 0.3 is 0 Å². The highest BCUT2D eigenvalue weighted by Crippen LogP contribution is 2.33. The lowest BCUT2D eigenvalue weighted by atomic mass is 10.00.